The zero-order chi connectivity index (χ0) is 14.3. The highest BCUT2D eigenvalue weighted by atomic mass is 32.2. The van der Waals surface area contributed by atoms with Crippen molar-refractivity contribution in [2.75, 3.05) is 24.7 Å². The summed E-state index contributed by atoms with van der Waals surface area (Å²) < 4.78 is 10.4. The first-order valence-corrected chi connectivity index (χ1v) is 7.77. The number of ether oxygens (including phenoxy) is 2. The van der Waals surface area contributed by atoms with E-state index in [-0.39, 0.29) is 0 Å². The molecule has 0 amide bonds. The summed E-state index contributed by atoms with van der Waals surface area (Å²) in [6.45, 7) is 2.04. The van der Waals surface area contributed by atoms with Crippen LogP contribution in [-0.2, 0) is 9.47 Å². The predicted octanol–water partition coefficient (Wildman–Crippen LogP) is -0.664. The minimum Gasteiger partial charge on any atom is -0.394 e. The number of thioether (sulfide) groups is 1. The van der Waals surface area contributed by atoms with E-state index in [1.54, 1.807) is 0 Å². The smallest absolute Gasteiger partial charge is 0.184 e. The van der Waals surface area contributed by atoms with Gasteiger partial charge in [-0.15, -0.1) is 0 Å². The summed E-state index contributed by atoms with van der Waals surface area (Å²) >= 11 is 1.83. The molecule has 1 heterocycles. The Labute approximate surface area is 117 Å². The molecule has 1 fully saturated rings. The van der Waals surface area contributed by atoms with Gasteiger partial charge in [0, 0.05) is 6.61 Å². The van der Waals surface area contributed by atoms with Crippen molar-refractivity contribution >= 4 is 11.8 Å². The Balaban J connectivity index is 2.28. The van der Waals surface area contributed by atoms with Gasteiger partial charge in [-0.1, -0.05) is 6.92 Å². The summed E-state index contributed by atoms with van der Waals surface area (Å²) in [4.78, 5) is 0. The average Bonchev–Trinajstić information content (AvgIpc) is 2.41. The molecule has 5 atom stereocenters. The van der Waals surface area contributed by atoms with Crippen molar-refractivity contribution in [3.05, 3.63) is 0 Å². The van der Waals surface area contributed by atoms with Gasteiger partial charge in [0.05, 0.1) is 6.61 Å². The van der Waals surface area contributed by atoms with Crippen molar-refractivity contribution < 1.29 is 29.9 Å². The molecule has 1 saturated heterocycles. The van der Waals surface area contributed by atoms with Crippen molar-refractivity contribution in [1.82, 2.24) is 0 Å². The Morgan fingerprint density at radius 2 is 1.89 bits per heavy atom. The third kappa shape index (κ3) is 5.18. The van der Waals surface area contributed by atoms with E-state index < -0.39 is 37.3 Å². The second kappa shape index (κ2) is 9.12. The van der Waals surface area contributed by atoms with Crippen LogP contribution in [0, 0.1) is 0 Å². The molecule has 0 aromatic carbocycles. The second-order valence-electron chi connectivity index (χ2n) is 4.53. The topological polar surface area (TPSA) is 99.4 Å². The van der Waals surface area contributed by atoms with E-state index in [0.29, 0.717) is 6.61 Å². The van der Waals surface area contributed by atoms with Gasteiger partial charge in [-0.3, -0.25) is 0 Å². The third-order valence-corrected chi connectivity index (χ3v) is 4.21. The first-order chi connectivity index (χ1) is 9.11. The Kier molecular flexibility index (Phi) is 8.24. The van der Waals surface area contributed by atoms with Crippen LogP contribution in [0.15, 0.2) is 0 Å². The summed E-state index contributed by atoms with van der Waals surface area (Å²) in [7, 11) is 0. The van der Waals surface area contributed by atoms with Crippen LogP contribution in [0.1, 0.15) is 19.8 Å². The van der Waals surface area contributed by atoms with Crippen LogP contribution < -0.4 is 0 Å². The van der Waals surface area contributed by atoms with Gasteiger partial charge in [0.15, 0.2) is 6.29 Å². The fourth-order valence-corrected chi connectivity index (χ4v) is 2.69. The van der Waals surface area contributed by atoms with Gasteiger partial charge in [0.1, 0.15) is 24.4 Å². The molecule has 6 nitrogen and oxygen atoms in total. The lowest BCUT2D eigenvalue weighted by molar-refractivity contribution is -0.296. The number of aliphatic hydroxyl groups excluding tert-OH is 4. The van der Waals surface area contributed by atoms with Gasteiger partial charge in [0.25, 0.3) is 0 Å². The van der Waals surface area contributed by atoms with Gasteiger partial charge in [-0.05, 0) is 24.3 Å². The molecule has 5 unspecified atom stereocenters. The standard InChI is InChI=1S/C12H24O6S/c1-2-5-19-6-3-4-17-11-10(15)9(14)8(7-13)18-12(11)16/h8-16H,2-7H2,1H3. The molecule has 0 aliphatic carbocycles. The van der Waals surface area contributed by atoms with Gasteiger partial charge >= 0.3 is 0 Å². The molecule has 1 rings (SSSR count). The summed E-state index contributed by atoms with van der Waals surface area (Å²) in [5.41, 5.74) is 0. The highest BCUT2D eigenvalue weighted by Crippen LogP contribution is 2.22. The highest BCUT2D eigenvalue weighted by molar-refractivity contribution is 7.99. The van der Waals surface area contributed by atoms with Crippen molar-refractivity contribution in [3.63, 3.8) is 0 Å². The number of rotatable bonds is 8. The first kappa shape index (κ1) is 17.2. The van der Waals surface area contributed by atoms with Gasteiger partial charge < -0.3 is 29.9 Å². The Morgan fingerprint density at radius 3 is 2.53 bits per heavy atom. The number of aliphatic hydroxyl groups is 4. The lowest BCUT2D eigenvalue weighted by Crippen LogP contribution is -2.59. The summed E-state index contributed by atoms with van der Waals surface area (Å²) in [5, 5.41) is 38.1. The molecule has 0 saturated carbocycles. The molecule has 0 aromatic heterocycles. The quantitative estimate of drug-likeness (QED) is 0.441. The van der Waals surface area contributed by atoms with Crippen LogP contribution in [0.5, 0.6) is 0 Å². The van der Waals surface area contributed by atoms with Crippen molar-refractivity contribution in [2.45, 2.75) is 50.5 Å². The Bertz CT molecular complexity index is 242. The largest absolute Gasteiger partial charge is 0.394 e. The van der Waals surface area contributed by atoms with Gasteiger partial charge in [-0.2, -0.15) is 11.8 Å². The van der Waals surface area contributed by atoms with Crippen LogP contribution in [0.25, 0.3) is 0 Å². The second-order valence-corrected chi connectivity index (χ2v) is 5.75. The summed E-state index contributed by atoms with van der Waals surface area (Å²) in [6.07, 6.45) is -3.87. The molecule has 0 bridgehead atoms. The zero-order valence-corrected chi connectivity index (χ0v) is 12.0. The predicted molar refractivity (Wildman–Crippen MR) is 72.0 cm³/mol. The van der Waals surface area contributed by atoms with E-state index in [4.69, 9.17) is 14.6 Å². The maximum Gasteiger partial charge on any atom is 0.184 e. The van der Waals surface area contributed by atoms with Crippen LogP contribution in [0.2, 0.25) is 0 Å². The molecule has 114 valence electrons. The van der Waals surface area contributed by atoms with E-state index in [1.807, 2.05) is 11.8 Å². The van der Waals surface area contributed by atoms with E-state index in [0.717, 1.165) is 24.3 Å². The zero-order valence-electron chi connectivity index (χ0n) is 11.1. The minimum atomic E-state index is -1.33. The summed E-state index contributed by atoms with van der Waals surface area (Å²) in [5.74, 6) is 2.06. The molecule has 4 N–H and O–H groups in total. The van der Waals surface area contributed by atoms with E-state index in [2.05, 4.69) is 6.92 Å². The fraction of sp³-hybridized carbons (Fsp3) is 1.00. The van der Waals surface area contributed by atoms with E-state index in [9.17, 15) is 15.3 Å². The van der Waals surface area contributed by atoms with Gasteiger partial charge in [-0.25, -0.2) is 0 Å². The Morgan fingerprint density at radius 1 is 1.16 bits per heavy atom. The molecular formula is C12H24O6S. The SMILES string of the molecule is CCCSCCCOC1C(O)OC(CO)C(O)C1O. The van der Waals surface area contributed by atoms with Crippen LogP contribution in [0.3, 0.4) is 0 Å². The number of hydrogen-bond donors (Lipinski definition) is 4. The lowest BCUT2D eigenvalue weighted by Gasteiger charge is -2.39. The molecule has 19 heavy (non-hydrogen) atoms. The van der Waals surface area contributed by atoms with Crippen molar-refractivity contribution in [3.8, 4) is 0 Å². The Hall–Kier alpha value is 0.110. The maximum atomic E-state index is 9.82. The molecule has 0 aromatic rings. The molecule has 7 heteroatoms. The van der Waals surface area contributed by atoms with Crippen LogP contribution in [-0.4, -0.2) is 75.9 Å². The fourth-order valence-electron chi connectivity index (χ4n) is 1.88. The molecular weight excluding hydrogens is 272 g/mol. The normalized spacial score (nSPS) is 35.5. The highest BCUT2D eigenvalue weighted by Gasteiger charge is 2.44. The first-order valence-electron chi connectivity index (χ1n) is 6.61. The van der Waals surface area contributed by atoms with Gasteiger partial charge in [0.2, 0.25) is 0 Å². The summed E-state index contributed by atoms with van der Waals surface area (Å²) in [6, 6.07) is 0. The molecule has 0 spiro atoms. The third-order valence-electron chi connectivity index (χ3n) is 2.93. The molecule has 0 radical (unpaired) electrons. The van der Waals surface area contributed by atoms with Crippen LogP contribution in [0.4, 0.5) is 0 Å². The number of hydrogen-bond acceptors (Lipinski definition) is 7. The monoisotopic (exact) mass is 296 g/mol. The van der Waals surface area contributed by atoms with E-state index in [1.165, 1.54) is 0 Å². The van der Waals surface area contributed by atoms with Crippen molar-refractivity contribution in [2.24, 2.45) is 0 Å². The van der Waals surface area contributed by atoms with E-state index >= 15 is 0 Å². The molecule has 1 aliphatic rings. The average molecular weight is 296 g/mol. The molecule has 1 aliphatic heterocycles. The van der Waals surface area contributed by atoms with Crippen LogP contribution >= 0.6 is 11.8 Å². The lowest BCUT2D eigenvalue weighted by atomic mass is 9.99. The maximum absolute atomic E-state index is 9.82. The van der Waals surface area contributed by atoms with Crippen molar-refractivity contribution in [1.29, 1.82) is 0 Å². The minimum absolute atomic E-state index is 0.384.